The number of hydrogen-bond acceptors (Lipinski definition) is 2. The average Bonchev–Trinajstić information content (AvgIpc) is 2.21. The van der Waals surface area contributed by atoms with E-state index in [-0.39, 0.29) is 0 Å². The van der Waals surface area contributed by atoms with Crippen molar-refractivity contribution in [3.8, 4) is 6.07 Å². The van der Waals surface area contributed by atoms with E-state index in [4.69, 9.17) is 5.26 Å². The van der Waals surface area contributed by atoms with Crippen LogP contribution in [0.4, 0.5) is 0 Å². The van der Waals surface area contributed by atoms with E-state index in [9.17, 15) is 0 Å². The Morgan fingerprint density at radius 2 is 1.71 bits per heavy atom. The van der Waals surface area contributed by atoms with Crippen LogP contribution in [0, 0.1) is 11.3 Å². The fourth-order valence-corrected chi connectivity index (χ4v) is 1.34. The van der Waals surface area contributed by atoms with Gasteiger partial charge >= 0.3 is 0 Å². The van der Waals surface area contributed by atoms with Crippen LogP contribution >= 0.6 is 0 Å². The fourth-order valence-electron chi connectivity index (χ4n) is 1.34. The Morgan fingerprint density at radius 3 is 2.07 bits per heavy atom. The molecule has 0 rings (SSSR count). The second-order valence-electron chi connectivity index (χ2n) is 3.70. The van der Waals surface area contributed by atoms with E-state index >= 15 is 0 Å². The first-order valence-electron chi connectivity index (χ1n) is 5.54. The van der Waals surface area contributed by atoms with Gasteiger partial charge in [0.1, 0.15) is 0 Å². The highest BCUT2D eigenvalue weighted by molar-refractivity contribution is 5.17. The minimum absolute atomic E-state index is 0.678. The lowest BCUT2D eigenvalue weighted by Gasteiger charge is -2.20. The Kier molecular flexibility index (Phi) is 8.27. The lowest BCUT2D eigenvalue weighted by molar-refractivity contribution is 0.289. The van der Waals surface area contributed by atoms with E-state index in [0.717, 1.165) is 19.6 Å². The van der Waals surface area contributed by atoms with Crippen LogP contribution in [0.1, 0.15) is 39.5 Å². The van der Waals surface area contributed by atoms with Gasteiger partial charge < -0.3 is 0 Å². The van der Waals surface area contributed by atoms with Crippen LogP contribution in [-0.4, -0.2) is 24.5 Å². The molecule has 0 aliphatic rings. The maximum Gasteiger partial charge on any atom is 0.0954 e. The molecule has 0 N–H and O–H groups in total. The van der Waals surface area contributed by atoms with E-state index in [1.54, 1.807) is 0 Å². The molecule has 0 aromatic rings. The van der Waals surface area contributed by atoms with Gasteiger partial charge in [-0.2, -0.15) is 5.26 Å². The van der Waals surface area contributed by atoms with E-state index < -0.39 is 0 Å². The molecule has 0 heterocycles. The molecule has 0 atom stereocenters. The summed E-state index contributed by atoms with van der Waals surface area (Å²) in [5, 5.41) is 8.66. The van der Waals surface area contributed by atoms with E-state index in [1.165, 1.54) is 25.7 Å². The molecule has 0 saturated heterocycles. The average molecular weight is 194 g/mol. The minimum atomic E-state index is 0.678. The van der Waals surface area contributed by atoms with E-state index in [2.05, 4.69) is 31.4 Å². The van der Waals surface area contributed by atoms with Crippen molar-refractivity contribution in [1.82, 2.24) is 4.90 Å². The molecule has 0 saturated carbocycles. The zero-order chi connectivity index (χ0) is 10.8. The molecular weight excluding hydrogens is 172 g/mol. The largest absolute Gasteiger partial charge is 0.298 e. The number of nitriles is 1. The number of unbranched alkanes of at least 4 members (excludes halogenated alkanes) is 2. The Labute approximate surface area is 88.2 Å². The molecule has 0 bridgehead atoms. The molecule has 0 aliphatic carbocycles. The molecule has 0 radical (unpaired) electrons. The highest BCUT2D eigenvalue weighted by atomic mass is 15.1. The highest BCUT2D eigenvalue weighted by Crippen LogP contribution is 2.02. The third-order valence-electron chi connectivity index (χ3n) is 2.23. The standard InChI is InChI=1S/C12H22N2/c1-4-6-8-14(9-7-5-2)11-12(3)10-13/h3-9,11H2,1-2H3. The van der Waals surface area contributed by atoms with Gasteiger partial charge in [-0.3, -0.25) is 4.90 Å². The van der Waals surface area contributed by atoms with Crippen LogP contribution in [0.15, 0.2) is 12.2 Å². The van der Waals surface area contributed by atoms with Crippen molar-refractivity contribution >= 4 is 0 Å². The monoisotopic (exact) mass is 194 g/mol. The van der Waals surface area contributed by atoms with Gasteiger partial charge in [-0.05, 0) is 25.9 Å². The second kappa shape index (κ2) is 8.77. The molecule has 2 heteroatoms. The predicted octanol–water partition coefficient (Wildman–Crippen LogP) is 2.97. The van der Waals surface area contributed by atoms with Gasteiger partial charge in [0.15, 0.2) is 0 Å². The molecule has 0 amide bonds. The predicted molar refractivity (Wildman–Crippen MR) is 61.0 cm³/mol. The topological polar surface area (TPSA) is 27.0 Å². The number of rotatable bonds is 8. The van der Waals surface area contributed by atoms with Crippen molar-refractivity contribution in [2.24, 2.45) is 0 Å². The van der Waals surface area contributed by atoms with E-state index in [1.807, 2.05) is 0 Å². The third-order valence-corrected chi connectivity index (χ3v) is 2.23. The molecule has 2 nitrogen and oxygen atoms in total. The Hall–Kier alpha value is -0.810. The number of nitrogens with zero attached hydrogens (tertiary/aromatic N) is 2. The molecule has 80 valence electrons. The zero-order valence-electron chi connectivity index (χ0n) is 9.55. The molecule has 0 spiro atoms. The van der Waals surface area contributed by atoms with Gasteiger partial charge in [0, 0.05) is 12.1 Å². The van der Waals surface area contributed by atoms with Crippen molar-refractivity contribution in [3.63, 3.8) is 0 Å². The molecular formula is C12H22N2. The summed E-state index contributed by atoms with van der Waals surface area (Å²) >= 11 is 0. The molecule has 0 unspecified atom stereocenters. The summed E-state index contributed by atoms with van der Waals surface area (Å²) in [5.41, 5.74) is 0.678. The Morgan fingerprint density at radius 1 is 1.21 bits per heavy atom. The van der Waals surface area contributed by atoms with Crippen molar-refractivity contribution in [2.45, 2.75) is 39.5 Å². The first kappa shape index (κ1) is 13.2. The van der Waals surface area contributed by atoms with Gasteiger partial charge in [0.2, 0.25) is 0 Å². The minimum Gasteiger partial charge on any atom is -0.298 e. The Balaban J connectivity index is 3.84. The first-order chi connectivity index (χ1) is 6.74. The van der Waals surface area contributed by atoms with Crippen LogP contribution in [0.3, 0.4) is 0 Å². The fraction of sp³-hybridized carbons (Fsp3) is 0.750. The molecule has 0 fully saturated rings. The smallest absolute Gasteiger partial charge is 0.0954 e. The van der Waals surface area contributed by atoms with Gasteiger partial charge in [0.25, 0.3) is 0 Å². The maximum absolute atomic E-state index is 8.66. The second-order valence-corrected chi connectivity index (χ2v) is 3.70. The molecule has 14 heavy (non-hydrogen) atoms. The summed E-state index contributed by atoms with van der Waals surface area (Å²) in [6.45, 7) is 11.0. The molecule has 0 aliphatic heterocycles. The van der Waals surface area contributed by atoms with E-state index in [0.29, 0.717) is 5.57 Å². The summed E-state index contributed by atoms with van der Waals surface area (Å²) in [5.74, 6) is 0. The first-order valence-corrected chi connectivity index (χ1v) is 5.54. The van der Waals surface area contributed by atoms with Gasteiger partial charge in [-0.25, -0.2) is 0 Å². The SMILES string of the molecule is C=C(C#N)CN(CCCC)CCCC. The zero-order valence-corrected chi connectivity index (χ0v) is 9.55. The van der Waals surface area contributed by atoms with Gasteiger partial charge in [-0.15, -0.1) is 0 Å². The summed E-state index contributed by atoms with van der Waals surface area (Å²) in [4.78, 5) is 2.33. The third kappa shape index (κ3) is 6.68. The van der Waals surface area contributed by atoms with Crippen molar-refractivity contribution in [1.29, 1.82) is 5.26 Å². The van der Waals surface area contributed by atoms with Crippen LogP contribution in [0.2, 0.25) is 0 Å². The van der Waals surface area contributed by atoms with Crippen LogP contribution in [-0.2, 0) is 0 Å². The van der Waals surface area contributed by atoms with Crippen molar-refractivity contribution < 1.29 is 0 Å². The summed E-state index contributed by atoms with van der Waals surface area (Å²) in [6.07, 6.45) is 4.84. The number of hydrogen-bond donors (Lipinski definition) is 0. The van der Waals surface area contributed by atoms with Crippen LogP contribution in [0.25, 0.3) is 0 Å². The lowest BCUT2D eigenvalue weighted by Crippen LogP contribution is -2.27. The quantitative estimate of drug-likeness (QED) is 0.555. The lowest BCUT2D eigenvalue weighted by atomic mass is 10.2. The summed E-state index contributed by atoms with van der Waals surface area (Å²) < 4.78 is 0. The molecule has 0 aromatic carbocycles. The maximum atomic E-state index is 8.66. The van der Waals surface area contributed by atoms with Crippen LogP contribution in [0.5, 0.6) is 0 Å². The summed E-state index contributed by atoms with van der Waals surface area (Å²) in [6, 6.07) is 2.11. The molecule has 0 aromatic heterocycles. The highest BCUT2D eigenvalue weighted by Gasteiger charge is 2.04. The van der Waals surface area contributed by atoms with Gasteiger partial charge in [-0.1, -0.05) is 33.3 Å². The van der Waals surface area contributed by atoms with Crippen molar-refractivity contribution in [2.75, 3.05) is 19.6 Å². The van der Waals surface area contributed by atoms with Crippen LogP contribution < -0.4 is 0 Å². The summed E-state index contributed by atoms with van der Waals surface area (Å²) in [7, 11) is 0. The van der Waals surface area contributed by atoms with Gasteiger partial charge in [0.05, 0.1) is 6.07 Å². The normalized spacial score (nSPS) is 10.1. The van der Waals surface area contributed by atoms with Crippen molar-refractivity contribution in [3.05, 3.63) is 12.2 Å². The Bertz CT molecular complexity index is 183.